The Labute approximate surface area is 130 Å². The SMILES string of the molecule is COc1cc(Br)c(NC(=O)OCc2ccccc2)cc1F. The predicted molar refractivity (Wildman–Crippen MR) is 80.9 cm³/mol. The van der Waals surface area contributed by atoms with Crippen LogP contribution in [0.25, 0.3) is 0 Å². The van der Waals surface area contributed by atoms with Crippen molar-refractivity contribution in [2.45, 2.75) is 6.61 Å². The summed E-state index contributed by atoms with van der Waals surface area (Å²) in [5.74, 6) is -0.482. The summed E-state index contributed by atoms with van der Waals surface area (Å²) in [5, 5.41) is 2.47. The number of carbonyl (C=O) groups excluding carboxylic acids is 1. The lowest BCUT2D eigenvalue weighted by atomic mass is 10.2. The zero-order valence-corrected chi connectivity index (χ0v) is 12.8. The van der Waals surface area contributed by atoms with Gasteiger partial charge in [0, 0.05) is 10.5 Å². The van der Waals surface area contributed by atoms with Crippen molar-refractivity contribution in [3.63, 3.8) is 0 Å². The molecule has 0 heterocycles. The number of benzene rings is 2. The molecule has 0 aliphatic heterocycles. The molecule has 0 radical (unpaired) electrons. The van der Waals surface area contributed by atoms with Crippen LogP contribution in [0.3, 0.4) is 0 Å². The standard InChI is InChI=1S/C15H13BrFNO3/c1-20-14-7-11(16)13(8-12(14)17)18-15(19)21-9-10-5-3-2-4-6-10/h2-8H,9H2,1H3,(H,18,19). The molecule has 0 atom stereocenters. The summed E-state index contributed by atoms with van der Waals surface area (Å²) in [6, 6.07) is 11.9. The van der Waals surface area contributed by atoms with Gasteiger partial charge >= 0.3 is 6.09 Å². The van der Waals surface area contributed by atoms with E-state index in [-0.39, 0.29) is 18.0 Å². The molecule has 2 aromatic rings. The molecule has 1 amide bonds. The molecule has 0 aliphatic rings. The number of halogens is 2. The van der Waals surface area contributed by atoms with Gasteiger partial charge in [-0.05, 0) is 27.6 Å². The molecule has 2 rings (SSSR count). The maximum Gasteiger partial charge on any atom is 0.411 e. The third-order valence-electron chi connectivity index (χ3n) is 2.69. The molecular weight excluding hydrogens is 341 g/mol. The number of hydrogen-bond donors (Lipinski definition) is 1. The Morgan fingerprint density at radius 2 is 2.00 bits per heavy atom. The molecule has 0 saturated carbocycles. The monoisotopic (exact) mass is 353 g/mol. The van der Waals surface area contributed by atoms with Crippen LogP contribution in [0.2, 0.25) is 0 Å². The van der Waals surface area contributed by atoms with Crippen LogP contribution in [0.15, 0.2) is 46.9 Å². The van der Waals surface area contributed by atoms with E-state index in [1.165, 1.54) is 13.2 Å². The molecule has 110 valence electrons. The Morgan fingerprint density at radius 1 is 1.29 bits per heavy atom. The molecule has 0 fully saturated rings. The van der Waals surface area contributed by atoms with Gasteiger partial charge in [-0.15, -0.1) is 0 Å². The smallest absolute Gasteiger partial charge is 0.411 e. The van der Waals surface area contributed by atoms with Crippen LogP contribution in [0.1, 0.15) is 5.56 Å². The summed E-state index contributed by atoms with van der Waals surface area (Å²) >= 11 is 3.23. The number of amides is 1. The van der Waals surface area contributed by atoms with Crippen molar-refractivity contribution in [2.75, 3.05) is 12.4 Å². The maximum atomic E-state index is 13.6. The van der Waals surface area contributed by atoms with Crippen LogP contribution in [-0.4, -0.2) is 13.2 Å². The van der Waals surface area contributed by atoms with Gasteiger partial charge in [0.25, 0.3) is 0 Å². The van der Waals surface area contributed by atoms with Crippen molar-refractivity contribution >= 4 is 27.7 Å². The molecule has 4 nitrogen and oxygen atoms in total. The molecule has 0 unspecified atom stereocenters. The molecule has 21 heavy (non-hydrogen) atoms. The second kappa shape index (κ2) is 7.08. The van der Waals surface area contributed by atoms with Gasteiger partial charge in [0.05, 0.1) is 12.8 Å². The average molecular weight is 354 g/mol. The van der Waals surface area contributed by atoms with Gasteiger partial charge in [-0.3, -0.25) is 5.32 Å². The van der Waals surface area contributed by atoms with Crippen LogP contribution in [0, 0.1) is 5.82 Å². The van der Waals surface area contributed by atoms with Crippen LogP contribution in [0.5, 0.6) is 5.75 Å². The van der Waals surface area contributed by atoms with E-state index in [9.17, 15) is 9.18 Å². The van der Waals surface area contributed by atoms with Crippen molar-refractivity contribution in [3.05, 3.63) is 58.3 Å². The van der Waals surface area contributed by atoms with Crippen molar-refractivity contribution in [1.29, 1.82) is 0 Å². The average Bonchev–Trinajstić information content (AvgIpc) is 2.49. The van der Waals surface area contributed by atoms with Crippen LogP contribution >= 0.6 is 15.9 Å². The van der Waals surface area contributed by atoms with E-state index < -0.39 is 11.9 Å². The van der Waals surface area contributed by atoms with Gasteiger partial charge in [0.2, 0.25) is 0 Å². The van der Waals surface area contributed by atoms with E-state index >= 15 is 0 Å². The van der Waals surface area contributed by atoms with E-state index in [0.717, 1.165) is 11.6 Å². The van der Waals surface area contributed by atoms with Crippen molar-refractivity contribution in [2.24, 2.45) is 0 Å². The van der Waals surface area contributed by atoms with Gasteiger partial charge in [-0.2, -0.15) is 0 Å². The van der Waals surface area contributed by atoms with Crippen molar-refractivity contribution in [3.8, 4) is 5.75 Å². The summed E-state index contributed by atoms with van der Waals surface area (Å²) in [5.41, 5.74) is 1.14. The van der Waals surface area contributed by atoms with Gasteiger partial charge < -0.3 is 9.47 Å². The topological polar surface area (TPSA) is 47.6 Å². The molecule has 0 spiro atoms. The lowest BCUT2D eigenvalue weighted by Crippen LogP contribution is -2.14. The largest absolute Gasteiger partial charge is 0.494 e. The molecular formula is C15H13BrFNO3. The second-order valence-electron chi connectivity index (χ2n) is 4.15. The molecule has 1 N–H and O–H groups in total. The summed E-state index contributed by atoms with van der Waals surface area (Å²) < 4.78 is 24.0. The number of methoxy groups -OCH3 is 1. The van der Waals surface area contributed by atoms with Gasteiger partial charge in [0.15, 0.2) is 11.6 Å². The first-order chi connectivity index (χ1) is 10.1. The second-order valence-corrected chi connectivity index (χ2v) is 5.01. The Bertz CT molecular complexity index is 634. The highest BCUT2D eigenvalue weighted by Gasteiger charge is 2.12. The minimum absolute atomic E-state index is 0.0880. The van der Waals surface area contributed by atoms with Crippen LogP contribution < -0.4 is 10.1 Å². The van der Waals surface area contributed by atoms with E-state index in [1.807, 2.05) is 30.3 Å². The highest BCUT2D eigenvalue weighted by molar-refractivity contribution is 9.10. The number of ether oxygens (including phenoxy) is 2. The van der Waals surface area contributed by atoms with E-state index in [2.05, 4.69) is 21.2 Å². The zero-order valence-electron chi connectivity index (χ0n) is 11.2. The molecule has 0 saturated heterocycles. The van der Waals surface area contributed by atoms with Crippen molar-refractivity contribution in [1.82, 2.24) is 0 Å². The Hall–Kier alpha value is -2.08. The fourth-order valence-corrected chi connectivity index (χ4v) is 2.07. The normalized spacial score (nSPS) is 10.0. The summed E-state index contributed by atoms with van der Waals surface area (Å²) in [6.45, 7) is 0.142. The van der Waals surface area contributed by atoms with Crippen molar-refractivity contribution < 1.29 is 18.7 Å². The Morgan fingerprint density at radius 3 is 2.67 bits per heavy atom. The minimum atomic E-state index is -0.663. The first-order valence-electron chi connectivity index (χ1n) is 6.11. The Balaban J connectivity index is 1.98. The lowest BCUT2D eigenvalue weighted by Gasteiger charge is -2.10. The summed E-state index contributed by atoms with van der Waals surface area (Å²) in [7, 11) is 1.37. The number of carbonyl (C=O) groups is 1. The lowest BCUT2D eigenvalue weighted by molar-refractivity contribution is 0.155. The van der Waals surface area contributed by atoms with Gasteiger partial charge in [-0.1, -0.05) is 30.3 Å². The maximum absolute atomic E-state index is 13.6. The van der Waals surface area contributed by atoms with Gasteiger partial charge in [0.1, 0.15) is 6.61 Å². The van der Waals surface area contributed by atoms with E-state index in [0.29, 0.717) is 4.47 Å². The minimum Gasteiger partial charge on any atom is -0.494 e. The first kappa shape index (κ1) is 15.3. The van der Waals surface area contributed by atoms with Gasteiger partial charge in [-0.25, -0.2) is 9.18 Å². The fourth-order valence-electron chi connectivity index (χ4n) is 1.65. The zero-order chi connectivity index (χ0) is 15.2. The number of anilines is 1. The Kier molecular flexibility index (Phi) is 5.16. The third kappa shape index (κ3) is 4.19. The van der Waals surface area contributed by atoms with Crippen LogP contribution in [-0.2, 0) is 11.3 Å². The summed E-state index contributed by atoms with van der Waals surface area (Å²) in [6.07, 6.45) is -0.663. The fraction of sp³-hybridized carbons (Fsp3) is 0.133. The number of rotatable bonds is 4. The molecule has 2 aromatic carbocycles. The quantitative estimate of drug-likeness (QED) is 0.888. The number of hydrogen-bond acceptors (Lipinski definition) is 3. The molecule has 0 bridgehead atoms. The first-order valence-corrected chi connectivity index (χ1v) is 6.90. The molecule has 6 heteroatoms. The molecule has 0 aromatic heterocycles. The highest BCUT2D eigenvalue weighted by atomic mass is 79.9. The van der Waals surface area contributed by atoms with E-state index in [4.69, 9.17) is 9.47 Å². The molecule has 0 aliphatic carbocycles. The third-order valence-corrected chi connectivity index (χ3v) is 3.35. The predicted octanol–water partition coefficient (Wildman–Crippen LogP) is 4.35. The van der Waals surface area contributed by atoms with Crippen LogP contribution in [0.4, 0.5) is 14.9 Å². The highest BCUT2D eigenvalue weighted by Crippen LogP contribution is 2.30. The number of nitrogens with one attached hydrogen (secondary N) is 1. The van der Waals surface area contributed by atoms with E-state index in [1.54, 1.807) is 0 Å². The summed E-state index contributed by atoms with van der Waals surface area (Å²) in [4.78, 5) is 11.7.